The zero-order chi connectivity index (χ0) is 26.1. The summed E-state index contributed by atoms with van der Waals surface area (Å²) in [7, 11) is 0. The summed E-state index contributed by atoms with van der Waals surface area (Å²) < 4.78 is 41.4. The van der Waals surface area contributed by atoms with Crippen LogP contribution in [0.1, 0.15) is 30.2 Å². The number of nitrogens with zero attached hydrogens (tertiary/aromatic N) is 5. The van der Waals surface area contributed by atoms with Crippen LogP contribution in [-0.4, -0.2) is 53.0 Å². The van der Waals surface area contributed by atoms with Crippen molar-refractivity contribution in [1.82, 2.24) is 28.2 Å². The van der Waals surface area contributed by atoms with Gasteiger partial charge in [-0.1, -0.05) is 13.3 Å². The average molecular weight is 605 g/mol. The van der Waals surface area contributed by atoms with Crippen molar-refractivity contribution >= 4 is 18.7 Å². The first-order valence-electron chi connectivity index (χ1n) is 11.8. The molecule has 7 nitrogen and oxygen atoms in total. The topological polar surface area (TPSA) is 81.4 Å². The molecule has 0 saturated carbocycles. The molecule has 0 aliphatic carbocycles. The van der Waals surface area contributed by atoms with Crippen LogP contribution in [-0.2, 0) is 19.4 Å². The normalized spacial score (nSPS) is 12.3. The summed E-state index contributed by atoms with van der Waals surface area (Å²) in [6.07, 6.45) is -2.99. The number of H-pyrrole nitrogens is 1. The number of tetrazole rings is 1. The summed E-state index contributed by atoms with van der Waals surface area (Å²) in [5.41, 5.74) is 4.05. The first-order valence-corrected chi connectivity index (χ1v) is 21.7. The third kappa shape index (κ3) is 5.74. The van der Waals surface area contributed by atoms with E-state index < -0.39 is 36.9 Å². The van der Waals surface area contributed by atoms with E-state index in [1.165, 1.54) is 0 Å². The van der Waals surface area contributed by atoms with E-state index >= 15 is 0 Å². The first-order chi connectivity index (χ1) is 17.0. The summed E-state index contributed by atoms with van der Waals surface area (Å²) in [6, 6.07) is 15.7. The van der Waals surface area contributed by atoms with Gasteiger partial charge in [-0.05, 0) is 0 Å². The Hall–Kier alpha value is -2.89. The van der Waals surface area contributed by atoms with Gasteiger partial charge in [0.15, 0.2) is 0 Å². The van der Waals surface area contributed by atoms with E-state index in [0.717, 1.165) is 28.1 Å². The second-order valence-corrected chi connectivity index (χ2v) is 23.4. The van der Waals surface area contributed by atoms with Crippen molar-refractivity contribution < 1.29 is 13.2 Å². The van der Waals surface area contributed by atoms with E-state index in [9.17, 15) is 18.0 Å². The minimum atomic E-state index is -4.47. The number of aromatic nitrogens is 6. The number of nitrogens with one attached hydrogen (secondary N) is 1. The second kappa shape index (κ2) is 10.2. The Labute approximate surface area is 211 Å². The van der Waals surface area contributed by atoms with Gasteiger partial charge in [0, 0.05) is 0 Å². The van der Waals surface area contributed by atoms with Gasteiger partial charge >= 0.3 is 179 Å². The number of aromatic amines is 1. The van der Waals surface area contributed by atoms with E-state index in [2.05, 4.69) is 35.4 Å². The maximum absolute atomic E-state index is 12.9. The molecule has 11 heteroatoms. The van der Waals surface area contributed by atoms with Crippen LogP contribution < -0.4 is 5.56 Å². The monoisotopic (exact) mass is 606 g/mol. The zero-order valence-corrected chi connectivity index (χ0v) is 23.6. The molecular formula is C25H29F3N6OSn. The molecule has 4 rings (SSSR count). The van der Waals surface area contributed by atoms with Crippen molar-refractivity contribution in [3.63, 3.8) is 0 Å². The standard InChI is InChI=1S/C22H21F3N6O.3CH3.Sn/c1-2-5-19-18(21(32)31(28-19)13-22(23,24)25)12-14-8-10-15(11-9-14)16-6-3-4-7-17(16)20-26-29-30-27-20;;;;/h3-4,6-11H,2,5,12-13H2,1H3,(H2,26,27,28,29,30,32);3*1H3;/q;;;;+1/p-1. The molecule has 2 aromatic carbocycles. The fourth-order valence-electron chi connectivity index (χ4n) is 4.25. The fourth-order valence-corrected chi connectivity index (χ4v) is 7.41. The number of halogens is 3. The minimum absolute atomic E-state index is 0.258. The maximum atomic E-state index is 12.9. The number of hydrogen-bond donors (Lipinski definition) is 1. The zero-order valence-electron chi connectivity index (χ0n) is 20.7. The van der Waals surface area contributed by atoms with E-state index in [1.807, 2.05) is 58.4 Å². The molecule has 0 aliphatic rings. The number of benzene rings is 2. The van der Waals surface area contributed by atoms with Crippen molar-refractivity contribution in [3.8, 4) is 22.5 Å². The van der Waals surface area contributed by atoms with Gasteiger partial charge in [-0.3, -0.25) is 0 Å². The Kier molecular flexibility index (Phi) is 7.44. The van der Waals surface area contributed by atoms with Gasteiger partial charge in [-0.15, -0.1) is 0 Å². The molecule has 1 N–H and O–H groups in total. The molecule has 36 heavy (non-hydrogen) atoms. The average Bonchev–Trinajstić information content (AvgIpc) is 3.41. The molecular weight excluding hydrogens is 576 g/mol. The molecule has 190 valence electrons. The molecule has 0 bridgehead atoms. The van der Waals surface area contributed by atoms with Gasteiger partial charge in [0.25, 0.3) is 0 Å². The van der Waals surface area contributed by atoms with Crippen molar-refractivity contribution in [2.45, 2.75) is 53.7 Å². The van der Waals surface area contributed by atoms with E-state index in [0.29, 0.717) is 28.8 Å². The molecule has 0 unspecified atom stereocenters. The van der Waals surface area contributed by atoms with Gasteiger partial charge in [0.2, 0.25) is 0 Å². The van der Waals surface area contributed by atoms with Crippen molar-refractivity contribution in [2.24, 2.45) is 0 Å². The SMILES string of the molecule is CCCc1[nH]n(CC(F)(F)F)c(=O)c1Cc1ccc(-c2ccccc2-c2nnn[n]2[Sn]([CH3])([CH3])[CH3])cc1. The summed E-state index contributed by atoms with van der Waals surface area (Å²) in [6.45, 7) is 0.603. The first kappa shape index (κ1) is 26.2. The molecule has 0 radical (unpaired) electrons. The van der Waals surface area contributed by atoms with Crippen LogP contribution in [0.5, 0.6) is 0 Å². The third-order valence-corrected chi connectivity index (χ3v) is 10.4. The Balaban J connectivity index is 1.66. The van der Waals surface area contributed by atoms with Gasteiger partial charge < -0.3 is 0 Å². The van der Waals surface area contributed by atoms with Crippen LogP contribution in [0.25, 0.3) is 22.5 Å². The van der Waals surface area contributed by atoms with Crippen molar-refractivity contribution in [1.29, 1.82) is 0 Å². The van der Waals surface area contributed by atoms with Gasteiger partial charge in [0.05, 0.1) is 0 Å². The molecule has 2 aromatic heterocycles. The van der Waals surface area contributed by atoms with Crippen LogP contribution >= 0.6 is 0 Å². The van der Waals surface area contributed by atoms with Crippen LogP contribution in [0.2, 0.25) is 14.8 Å². The quantitative estimate of drug-likeness (QED) is 0.277. The van der Waals surface area contributed by atoms with Crippen LogP contribution in [0.3, 0.4) is 0 Å². The molecule has 0 aliphatic heterocycles. The van der Waals surface area contributed by atoms with Crippen LogP contribution in [0, 0.1) is 0 Å². The molecule has 0 spiro atoms. The Bertz CT molecular complexity index is 1400. The number of alkyl halides is 3. The predicted molar refractivity (Wildman–Crippen MR) is 135 cm³/mol. The van der Waals surface area contributed by atoms with Crippen LogP contribution in [0.15, 0.2) is 53.3 Å². The van der Waals surface area contributed by atoms with E-state index in [4.69, 9.17) is 0 Å². The molecule has 2 heterocycles. The number of rotatable bonds is 8. The van der Waals surface area contributed by atoms with E-state index in [-0.39, 0.29) is 6.42 Å². The van der Waals surface area contributed by atoms with E-state index in [1.54, 1.807) is 0 Å². The molecule has 0 atom stereocenters. The third-order valence-electron chi connectivity index (χ3n) is 5.89. The van der Waals surface area contributed by atoms with Gasteiger partial charge in [0.1, 0.15) is 6.54 Å². The van der Waals surface area contributed by atoms with Crippen molar-refractivity contribution in [2.75, 3.05) is 0 Å². The van der Waals surface area contributed by atoms with Gasteiger partial charge in [-0.25, -0.2) is 0 Å². The van der Waals surface area contributed by atoms with Gasteiger partial charge in [-0.2, -0.15) is 13.2 Å². The molecule has 0 saturated heterocycles. The fraction of sp³-hybridized carbons (Fsp3) is 0.360. The summed E-state index contributed by atoms with van der Waals surface area (Å²) >= 11 is -2.63. The van der Waals surface area contributed by atoms with Crippen molar-refractivity contribution in [3.05, 3.63) is 75.7 Å². The van der Waals surface area contributed by atoms with Crippen LogP contribution in [0.4, 0.5) is 13.2 Å². The Morgan fingerprint density at radius 3 is 2.28 bits per heavy atom. The number of hydrogen-bond acceptors (Lipinski definition) is 4. The Morgan fingerprint density at radius 2 is 1.67 bits per heavy atom. The summed E-state index contributed by atoms with van der Waals surface area (Å²) in [5.74, 6) is 0.750. The Morgan fingerprint density at radius 1 is 1.00 bits per heavy atom. The molecule has 4 aromatic rings. The summed E-state index contributed by atoms with van der Waals surface area (Å²) in [4.78, 5) is 19.5. The predicted octanol–water partition coefficient (Wildman–Crippen LogP) is 5.29. The molecule has 0 fully saturated rings. The second-order valence-electron chi connectivity index (χ2n) is 9.83. The number of aryl methyl sites for hydroxylation is 1. The summed E-state index contributed by atoms with van der Waals surface area (Å²) in [5, 5.41) is 15.2. The molecule has 0 amide bonds.